The number of likely N-dealkylation sites (tertiary alicyclic amines) is 1. The number of nitrogens with zero attached hydrogens (tertiary/aromatic N) is 1. The van der Waals surface area contributed by atoms with Gasteiger partial charge in [-0.1, -0.05) is 26.0 Å². The van der Waals surface area contributed by atoms with Crippen LogP contribution in [0.5, 0.6) is 0 Å². The number of hydrogen-bond acceptors (Lipinski definition) is 2. The van der Waals surface area contributed by atoms with Crippen LogP contribution in [0.1, 0.15) is 86.7 Å². The van der Waals surface area contributed by atoms with Crippen LogP contribution >= 0.6 is 0 Å². The van der Waals surface area contributed by atoms with E-state index in [0.717, 1.165) is 36.3 Å². The third kappa shape index (κ3) is 3.08. The Labute approximate surface area is 193 Å². The molecule has 3 aliphatic carbocycles. The van der Waals surface area contributed by atoms with Gasteiger partial charge in [0.2, 0.25) is 5.91 Å². The molecule has 5 rings (SSSR count). The molecule has 1 heterocycles. The van der Waals surface area contributed by atoms with Gasteiger partial charge in [-0.15, -0.1) is 0 Å². The topological polar surface area (TPSA) is 49.4 Å². The van der Waals surface area contributed by atoms with Gasteiger partial charge < -0.3 is 10.2 Å². The molecular formula is C28H40N2O2. The first-order chi connectivity index (χ1) is 15.2. The second kappa shape index (κ2) is 7.60. The molecule has 1 aliphatic heterocycles. The van der Waals surface area contributed by atoms with E-state index in [2.05, 4.69) is 44.0 Å². The molecule has 32 heavy (non-hydrogen) atoms. The number of benzene rings is 1. The number of aryl methyl sites for hydroxylation is 1. The van der Waals surface area contributed by atoms with Crippen molar-refractivity contribution in [2.75, 3.05) is 7.05 Å². The number of fused-ring (bicyclic) bond motifs is 5. The van der Waals surface area contributed by atoms with Gasteiger partial charge in [-0.05, 0) is 105 Å². The van der Waals surface area contributed by atoms with Gasteiger partial charge in [0.05, 0.1) is 0 Å². The lowest BCUT2D eigenvalue weighted by molar-refractivity contribution is -0.157. The van der Waals surface area contributed by atoms with Crippen molar-refractivity contribution in [1.82, 2.24) is 10.2 Å². The van der Waals surface area contributed by atoms with E-state index in [9.17, 15) is 9.59 Å². The van der Waals surface area contributed by atoms with E-state index in [1.165, 1.54) is 31.2 Å². The summed E-state index contributed by atoms with van der Waals surface area (Å²) in [4.78, 5) is 27.7. The molecule has 2 unspecified atom stereocenters. The SMILES string of the molecule is Cc1cccc(C(=O)NC2CC[C@H]3[C@@H]4CCC5N(C)C(=O)CC[C@]5(C)[C@@H]4CC[C@]23C)c1C. The van der Waals surface area contributed by atoms with E-state index >= 15 is 0 Å². The van der Waals surface area contributed by atoms with Crippen LogP contribution in [0.15, 0.2) is 18.2 Å². The van der Waals surface area contributed by atoms with Crippen LogP contribution in [-0.2, 0) is 4.79 Å². The quantitative estimate of drug-likeness (QED) is 0.687. The van der Waals surface area contributed by atoms with E-state index in [0.29, 0.717) is 30.2 Å². The second-order valence-electron chi connectivity index (χ2n) is 11.9. The number of nitrogens with one attached hydrogen (secondary N) is 1. The predicted octanol–water partition coefficient (Wildman–Crippen LogP) is 5.27. The molecule has 0 aromatic heterocycles. The lowest BCUT2D eigenvalue weighted by Crippen LogP contribution is -2.62. The van der Waals surface area contributed by atoms with Crippen LogP contribution in [0.3, 0.4) is 0 Å². The molecule has 0 radical (unpaired) electrons. The molecule has 0 spiro atoms. The zero-order valence-electron chi connectivity index (χ0n) is 20.5. The lowest BCUT2D eigenvalue weighted by atomic mass is 9.47. The number of rotatable bonds is 2. The van der Waals surface area contributed by atoms with E-state index < -0.39 is 0 Å². The predicted molar refractivity (Wildman–Crippen MR) is 127 cm³/mol. The summed E-state index contributed by atoms with van der Waals surface area (Å²) in [6, 6.07) is 6.71. The highest BCUT2D eigenvalue weighted by Gasteiger charge is 2.61. The van der Waals surface area contributed by atoms with E-state index in [1.807, 2.05) is 19.2 Å². The first-order valence-corrected chi connectivity index (χ1v) is 12.8. The summed E-state index contributed by atoms with van der Waals surface area (Å²) in [7, 11) is 2.03. The Morgan fingerprint density at radius 2 is 1.75 bits per heavy atom. The Balaban J connectivity index is 1.36. The van der Waals surface area contributed by atoms with Crippen molar-refractivity contribution >= 4 is 11.8 Å². The zero-order chi connectivity index (χ0) is 22.8. The van der Waals surface area contributed by atoms with Crippen LogP contribution in [0.4, 0.5) is 0 Å². The Hall–Kier alpha value is -1.84. The number of piperidine rings is 1. The van der Waals surface area contributed by atoms with Gasteiger partial charge in [-0.3, -0.25) is 9.59 Å². The molecule has 4 heteroatoms. The van der Waals surface area contributed by atoms with Crippen LogP contribution in [0, 0.1) is 42.4 Å². The van der Waals surface area contributed by atoms with Crippen molar-refractivity contribution in [3.05, 3.63) is 34.9 Å². The van der Waals surface area contributed by atoms with Crippen molar-refractivity contribution in [2.45, 2.75) is 91.1 Å². The zero-order valence-corrected chi connectivity index (χ0v) is 20.5. The Kier molecular flexibility index (Phi) is 5.22. The molecule has 7 atom stereocenters. The van der Waals surface area contributed by atoms with Crippen molar-refractivity contribution < 1.29 is 9.59 Å². The highest BCUT2D eigenvalue weighted by Crippen LogP contribution is 2.64. The minimum atomic E-state index is 0.100. The van der Waals surface area contributed by atoms with Gasteiger partial charge in [0.1, 0.15) is 0 Å². The number of carbonyl (C=O) groups is 2. The fraction of sp³-hybridized carbons (Fsp3) is 0.714. The molecule has 3 saturated carbocycles. The van der Waals surface area contributed by atoms with Crippen molar-refractivity contribution in [2.24, 2.45) is 28.6 Å². The molecule has 1 saturated heterocycles. The van der Waals surface area contributed by atoms with Crippen LogP contribution in [0.25, 0.3) is 0 Å². The van der Waals surface area contributed by atoms with Gasteiger partial charge in [0.25, 0.3) is 5.91 Å². The first-order valence-electron chi connectivity index (χ1n) is 12.8. The third-order valence-corrected chi connectivity index (χ3v) is 10.7. The summed E-state index contributed by atoms with van der Waals surface area (Å²) < 4.78 is 0. The maximum atomic E-state index is 13.2. The first kappa shape index (κ1) is 22.0. The molecule has 0 bridgehead atoms. The largest absolute Gasteiger partial charge is 0.349 e. The fourth-order valence-corrected chi connectivity index (χ4v) is 8.62. The molecule has 4 fully saturated rings. The molecule has 2 amide bonds. The van der Waals surface area contributed by atoms with Crippen LogP contribution < -0.4 is 5.32 Å². The summed E-state index contributed by atoms with van der Waals surface area (Å²) in [6.07, 6.45) is 8.90. The molecule has 4 aliphatic rings. The van der Waals surface area contributed by atoms with Crippen molar-refractivity contribution in [3.63, 3.8) is 0 Å². The fourth-order valence-electron chi connectivity index (χ4n) is 8.62. The van der Waals surface area contributed by atoms with Gasteiger partial charge in [-0.2, -0.15) is 0 Å². The Morgan fingerprint density at radius 3 is 2.53 bits per heavy atom. The van der Waals surface area contributed by atoms with Crippen LogP contribution in [-0.4, -0.2) is 35.8 Å². The standard InChI is InChI=1S/C28H40N2O2/c1-17-7-6-8-19(18(17)2)26(32)29-23-11-10-21-20-9-12-24-28(4,16-14-25(31)30(24)5)22(20)13-15-27(21,23)3/h6-8,20-24H,9-16H2,1-5H3,(H,29,32)/t20-,21-,22+,23?,24?,27-,28+/m0/s1. The second-order valence-corrected chi connectivity index (χ2v) is 11.9. The normalized spacial score (nSPS) is 41.0. The van der Waals surface area contributed by atoms with E-state index in [4.69, 9.17) is 0 Å². The third-order valence-electron chi connectivity index (χ3n) is 10.7. The van der Waals surface area contributed by atoms with E-state index in [1.54, 1.807) is 0 Å². The maximum absolute atomic E-state index is 13.2. The molecule has 4 nitrogen and oxygen atoms in total. The van der Waals surface area contributed by atoms with Crippen molar-refractivity contribution in [3.8, 4) is 0 Å². The van der Waals surface area contributed by atoms with Gasteiger partial charge in [0, 0.05) is 31.1 Å². The van der Waals surface area contributed by atoms with Crippen molar-refractivity contribution in [1.29, 1.82) is 0 Å². The van der Waals surface area contributed by atoms with Gasteiger partial charge >= 0.3 is 0 Å². The average Bonchev–Trinajstić information content (AvgIpc) is 3.09. The molecule has 1 aromatic rings. The summed E-state index contributed by atoms with van der Waals surface area (Å²) in [5, 5.41) is 3.49. The van der Waals surface area contributed by atoms with Gasteiger partial charge in [0.15, 0.2) is 0 Å². The van der Waals surface area contributed by atoms with Gasteiger partial charge in [-0.25, -0.2) is 0 Å². The summed E-state index contributed by atoms with van der Waals surface area (Å²) >= 11 is 0. The number of amides is 2. The Morgan fingerprint density at radius 1 is 1.00 bits per heavy atom. The highest BCUT2D eigenvalue weighted by atomic mass is 16.2. The molecular weight excluding hydrogens is 396 g/mol. The molecule has 1 aromatic carbocycles. The minimum Gasteiger partial charge on any atom is -0.349 e. The monoisotopic (exact) mass is 436 g/mol. The maximum Gasteiger partial charge on any atom is 0.251 e. The smallest absolute Gasteiger partial charge is 0.251 e. The average molecular weight is 437 g/mol. The molecule has 1 N–H and O–H groups in total. The lowest BCUT2D eigenvalue weighted by Gasteiger charge is -2.61. The Bertz CT molecular complexity index is 941. The highest BCUT2D eigenvalue weighted by molar-refractivity contribution is 5.96. The number of carbonyl (C=O) groups excluding carboxylic acids is 2. The van der Waals surface area contributed by atoms with Crippen LogP contribution in [0.2, 0.25) is 0 Å². The summed E-state index contributed by atoms with van der Waals surface area (Å²) in [6.45, 7) is 9.07. The minimum absolute atomic E-state index is 0.100. The molecule has 174 valence electrons. The summed E-state index contributed by atoms with van der Waals surface area (Å²) in [5.41, 5.74) is 3.54. The number of hydrogen-bond donors (Lipinski definition) is 1. The summed E-state index contributed by atoms with van der Waals surface area (Å²) in [5.74, 6) is 2.57. The van der Waals surface area contributed by atoms with E-state index in [-0.39, 0.29) is 22.8 Å².